The van der Waals surface area contributed by atoms with Gasteiger partial charge in [0, 0.05) is 12.8 Å². The molecule has 0 saturated carbocycles. The number of ether oxygens (including phenoxy) is 1. The first-order valence-electron chi connectivity index (χ1n) is 22.4. The fourth-order valence-corrected chi connectivity index (χ4v) is 6.31. The van der Waals surface area contributed by atoms with Crippen molar-refractivity contribution < 1.29 is 24.5 Å². The first kappa shape index (κ1) is 50.8. The van der Waals surface area contributed by atoms with E-state index >= 15 is 0 Å². The van der Waals surface area contributed by atoms with E-state index in [1.807, 2.05) is 6.08 Å². The lowest BCUT2D eigenvalue weighted by molar-refractivity contribution is -0.143. The number of unbranched alkanes of at least 4 members (excludes halogenated alkanes) is 23. The summed E-state index contributed by atoms with van der Waals surface area (Å²) >= 11 is 0. The Hall–Kier alpha value is -2.18. The van der Waals surface area contributed by atoms with Crippen molar-refractivity contribution in [2.24, 2.45) is 0 Å². The number of aliphatic hydroxyl groups excluding tert-OH is 2. The average molecular weight is 744 g/mol. The zero-order chi connectivity index (χ0) is 38.7. The summed E-state index contributed by atoms with van der Waals surface area (Å²) in [6.07, 6.45) is 50.9. The van der Waals surface area contributed by atoms with Gasteiger partial charge in [0.05, 0.1) is 25.4 Å². The fraction of sp³-hybridized carbons (Fsp3) is 0.787. The molecule has 0 aliphatic heterocycles. The summed E-state index contributed by atoms with van der Waals surface area (Å²) in [4.78, 5) is 24.3. The van der Waals surface area contributed by atoms with Crippen LogP contribution in [0.5, 0.6) is 0 Å². The average Bonchev–Trinajstić information content (AvgIpc) is 3.16. The predicted octanol–water partition coefficient (Wildman–Crippen LogP) is 12.7. The summed E-state index contributed by atoms with van der Waals surface area (Å²) in [5.74, 6) is -0.151. The van der Waals surface area contributed by atoms with Crippen molar-refractivity contribution in [3.63, 3.8) is 0 Å². The first-order valence-corrected chi connectivity index (χ1v) is 22.4. The minimum Gasteiger partial charge on any atom is -0.466 e. The molecule has 0 aliphatic rings. The van der Waals surface area contributed by atoms with E-state index in [2.05, 4.69) is 55.6 Å². The van der Waals surface area contributed by atoms with Gasteiger partial charge >= 0.3 is 5.97 Å². The third kappa shape index (κ3) is 39.3. The number of rotatable bonds is 40. The lowest BCUT2D eigenvalue weighted by Gasteiger charge is -2.20. The number of aliphatic hydroxyl groups is 2. The third-order valence-corrected chi connectivity index (χ3v) is 9.79. The van der Waals surface area contributed by atoms with E-state index in [1.165, 1.54) is 89.9 Å². The second kappa shape index (κ2) is 42.6. The van der Waals surface area contributed by atoms with Gasteiger partial charge in [-0.2, -0.15) is 0 Å². The highest BCUT2D eigenvalue weighted by molar-refractivity contribution is 5.76. The van der Waals surface area contributed by atoms with Gasteiger partial charge in [-0.05, 0) is 83.5 Å². The van der Waals surface area contributed by atoms with Crippen LogP contribution in [0.2, 0.25) is 0 Å². The Kier molecular flexibility index (Phi) is 40.8. The summed E-state index contributed by atoms with van der Waals surface area (Å²) in [6.45, 7) is 4.72. The largest absolute Gasteiger partial charge is 0.466 e. The number of carbonyl (C=O) groups excluding carboxylic acids is 2. The second-order valence-corrected chi connectivity index (χ2v) is 15.0. The van der Waals surface area contributed by atoms with Crippen LogP contribution in [-0.2, 0) is 14.3 Å². The molecule has 3 N–H and O–H groups in total. The molecular weight excluding hydrogens is 659 g/mol. The minimum atomic E-state index is -0.862. The maximum absolute atomic E-state index is 12.4. The van der Waals surface area contributed by atoms with Crippen LogP contribution in [0.1, 0.15) is 213 Å². The van der Waals surface area contributed by atoms with Crippen LogP contribution in [0.25, 0.3) is 0 Å². The summed E-state index contributed by atoms with van der Waals surface area (Å²) in [5, 5.41) is 22.9. The van der Waals surface area contributed by atoms with Gasteiger partial charge in [-0.3, -0.25) is 9.59 Å². The Labute approximate surface area is 327 Å². The molecule has 0 radical (unpaired) electrons. The molecule has 2 atom stereocenters. The molecule has 308 valence electrons. The number of nitrogens with one attached hydrogen (secondary N) is 1. The van der Waals surface area contributed by atoms with Gasteiger partial charge in [-0.1, -0.05) is 165 Å². The lowest BCUT2D eigenvalue weighted by atomic mass is 10.1. The van der Waals surface area contributed by atoms with Crippen molar-refractivity contribution in [3.8, 4) is 0 Å². The Bertz CT molecular complexity index is 911. The van der Waals surface area contributed by atoms with Crippen molar-refractivity contribution in [2.45, 2.75) is 225 Å². The van der Waals surface area contributed by atoms with Gasteiger partial charge in [0.2, 0.25) is 5.91 Å². The van der Waals surface area contributed by atoms with Crippen molar-refractivity contribution >= 4 is 11.9 Å². The normalized spacial score (nSPS) is 13.2. The second-order valence-electron chi connectivity index (χ2n) is 15.0. The summed E-state index contributed by atoms with van der Waals surface area (Å²) in [6, 6.07) is -0.649. The quantitative estimate of drug-likeness (QED) is 0.0330. The number of amides is 1. The lowest BCUT2D eigenvalue weighted by Crippen LogP contribution is -2.45. The molecule has 0 saturated heterocycles. The number of esters is 1. The van der Waals surface area contributed by atoms with Crippen LogP contribution in [0.3, 0.4) is 0 Å². The molecule has 0 aromatic rings. The molecule has 1 amide bonds. The van der Waals surface area contributed by atoms with E-state index in [0.29, 0.717) is 19.4 Å². The monoisotopic (exact) mass is 744 g/mol. The Morgan fingerprint density at radius 3 is 1.53 bits per heavy atom. The third-order valence-electron chi connectivity index (χ3n) is 9.79. The smallest absolute Gasteiger partial charge is 0.305 e. The van der Waals surface area contributed by atoms with Crippen molar-refractivity contribution in [3.05, 3.63) is 48.6 Å². The summed E-state index contributed by atoms with van der Waals surface area (Å²) in [5.41, 5.74) is 0. The van der Waals surface area contributed by atoms with E-state index in [0.717, 1.165) is 96.3 Å². The molecule has 2 unspecified atom stereocenters. The minimum absolute atomic E-state index is 0.0500. The topological polar surface area (TPSA) is 95.9 Å². The summed E-state index contributed by atoms with van der Waals surface area (Å²) < 4.78 is 5.40. The molecule has 0 spiro atoms. The Balaban J connectivity index is 3.59. The van der Waals surface area contributed by atoms with Crippen LogP contribution >= 0.6 is 0 Å². The van der Waals surface area contributed by atoms with Crippen LogP contribution in [0.4, 0.5) is 0 Å². The molecule has 53 heavy (non-hydrogen) atoms. The Morgan fingerprint density at radius 1 is 0.528 bits per heavy atom. The van der Waals surface area contributed by atoms with Gasteiger partial charge < -0.3 is 20.3 Å². The predicted molar refractivity (Wildman–Crippen MR) is 227 cm³/mol. The van der Waals surface area contributed by atoms with Crippen molar-refractivity contribution in [1.82, 2.24) is 5.32 Å². The summed E-state index contributed by atoms with van der Waals surface area (Å²) in [7, 11) is 0. The van der Waals surface area contributed by atoms with Crippen LogP contribution in [0.15, 0.2) is 48.6 Å². The molecule has 0 heterocycles. The molecule has 0 bridgehead atoms. The zero-order valence-electron chi connectivity index (χ0n) is 34.7. The SMILES string of the molecule is CCC/C=C\C/C=C\CCCCCCCC(=O)OCCCC/C=C\CCCCCCCC(=O)NC(CO)C(O)/C=C/CCCCCCCCCCCC. The van der Waals surface area contributed by atoms with Crippen LogP contribution in [-0.4, -0.2) is 47.4 Å². The van der Waals surface area contributed by atoms with Gasteiger partial charge in [-0.25, -0.2) is 0 Å². The maximum Gasteiger partial charge on any atom is 0.305 e. The number of hydrogen-bond donors (Lipinski definition) is 3. The van der Waals surface area contributed by atoms with Crippen LogP contribution in [0, 0.1) is 0 Å². The highest BCUT2D eigenvalue weighted by Gasteiger charge is 2.18. The van der Waals surface area contributed by atoms with E-state index in [9.17, 15) is 19.8 Å². The number of carbonyl (C=O) groups is 2. The van der Waals surface area contributed by atoms with E-state index in [-0.39, 0.29) is 18.5 Å². The van der Waals surface area contributed by atoms with E-state index < -0.39 is 12.1 Å². The number of hydrogen-bond acceptors (Lipinski definition) is 5. The molecule has 0 aromatic heterocycles. The van der Waals surface area contributed by atoms with Gasteiger partial charge in [0.15, 0.2) is 0 Å². The fourth-order valence-electron chi connectivity index (χ4n) is 6.31. The molecule has 0 rings (SSSR count). The molecule has 6 nitrogen and oxygen atoms in total. The van der Waals surface area contributed by atoms with E-state index in [4.69, 9.17) is 4.74 Å². The highest BCUT2D eigenvalue weighted by Crippen LogP contribution is 2.13. The van der Waals surface area contributed by atoms with Gasteiger partial charge in [0.1, 0.15) is 0 Å². The number of allylic oxidation sites excluding steroid dienone is 7. The molecule has 0 aliphatic carbocycles. The zero-order valence-corrected chi connectivity index (χ0v) is 34.7. The standard InChI is InChI=1S/C47H85NO5/c1-3-5-7-9-11-13-15-17-21-25-29-33-37-41-47(52)53-42-38-34-30-26-22-18-20-24-28-32-36-40-46(51)48-44(43-49)45(50)39-35-31-27-23-19-16-14-12-10-8-6-4-2/h7,9,13,15,22,26,35,39,44-45,49-50H,3-6,8,10-12,14,16-21,23-25,27-34,36-38,40-43H2,1-2H3,(H,48,51)/b9-7-,15-13-,26-22-,39-35+. The van der Waals surface area contributed by atoms with Crippen molar-refractivity contribution in [2.75, 3.05) is 13.2 Å². The molecule has 0 aromatic carbocycles. The highest BCUT2D eigenvalue weighted by atomic mass is 16.5. The Morgan fingerprint density at radius 2 is 0.981 bits per heavy atom. The maximum atomic E-state index is 12.4. The molecule has 0 fully saturated rings. The van der Waals surface area contributed by atoms with Gasteiger partial charge in [0.25, 0.3) is 0 Å². The van der Waals surface area contributed by atoms with Gasteiger partial charge in [-0.15, -0.1) is 0 Å². The van der Waals surface area contributed by atoms with Crippen molar-refractivity contribution in [1.29, 1.82) is 0 Å². The van der Waals surface area contributed by atoms with Crippen LogP contribution < -0.4 is 5.32 Å². The first-order chi connectivity index (χ1) is 26.0. The molecule has 6 heteroatoms. The van der Waals surface area contributed by atoms with E-state index in [1.54, 1.807) is 6.08 Å². The molecular formula is C47H85NO5.